The average molecular weight is 399 g/mol. The van der Waals surface area contributed by atoms with Gasteiger partial charge in [0.1, 0.15) is 5.56 Å². The molecule has 3 aliphatic rings. The molecule has 0 radical (unpaired) electrons. The van der Waals surface area contributed by atoms with Gasteiger partial charge in [-0.1, -0.05) is 11.6 Å². The van der Waals surface area contributed by atoms with Gasteiger partial charge in [0.15, 0.2) is 5.43 Å². The molecule has 0 aromatic carbocycles. The van der Waals surface area contributed by atoms with Gasteiger partial charge >= 0.3 is 0 Å². The molecule has 0 bridgehead atoms. The van der Waals surface area contributed by atoms with Crippen LogP contribution in [0.3, 0.4) is 0 Å². The molecular formula is C22H29N3O4. The van der Waals surface area contributed by atoms with Crippen molar-refractivity contribution in [3.63, 3.8) is 0 Å². The summed E-state index contributed by atoms with van der Waals surface area (Å²) in [6, 6.07) is 1.42. The fourth-order valence-corrected chi connectivity index (χ4v) is 4.43. The molecule has 7 heteroatoms. The van der Waals surface area contributed by atoms with Crippen LogP contribution in [0.2, 0.25) is 0 Å². The maximum atomic E-state index is 13.3. The predicted octanol–water partition coefficient (Wildman–Crippen LogP) is 1.72. The molecule has 0 N–H and O–H groups in total. The maximum absolute atomic E-state index is 13.3. The first-order chi connectivity index (χ1) is 13.9. The number of rotatable bonds is 3. The number of aryl methyl sites for hydroxylation is 1. The summed E-state index contributed by atoms with van der Waals surface area (Å²) >= 11 is 0. The van der Waals surface area contributed by atoms with Crippen molar-refractivity contribution in [3.8, 4) is 0 Å². The molecule has 3 heterocycles. The van der Waals surface area contributed by atoms with Crippen molar-refractivity contribution < 1.29 is 14.3 Å². The van der Waals surface area contributed by atoms with E-state index in [9.17, 15) is 14.4 Å². The summed E-state index contributed by atoms with van der Waals surface area (Å²) in [5.74, 6) is -0.186. The number of morpholine rings is 1. The fraction of sp³-hybridized carbons (Fsp3) is 0.591. The molecule has 29 heavy (non-hydrogen) atoms. The Morgan fingerprint density at radius 3 is 2.76 bits per heavy atom. The Bertz CT molecular complexity index is 900. The zero-order chi connectivity index (χ0) is 20.6. The van der Waals surface area contributed by atoms with Crippen LogP contribution in [0.4, 0.5) is 0 Å². The number of hydrogen-bond donors (Lipinski definition) is 0. The lowest BCUT2D eigenvalue weighted by atomic mass is 9.74. The predicted molar refractivity (Wildman–Crippen MR) is 109 cm³/mol. The number of pyridine rings is 1. The SMILES string of the molecule is CC1=CCN(C(=O)CC2CN(C(=O)c3cn(C)ccc3=O)C3(CCC3)CO2)CC1. The van der Waals surface area contributed by atoms with Crippen LogP contribution in [0.5, 0.6) is 0 Å². The Morgan fingerprint density at radius 2 is 2.10 bits per heavy atom. The first kappa shape index (κ1) is 19.9. The molecule has 1 aliphatic carbocycles. The van der Waals surface area contributed by atoms with E-state index in [1.54, 1.807) is 24.0 Å². The van der Waals surface area contributed by atoms with E-state index in [0.717, 1.165) is 32.2 Å². The minimum Gasteiger partial charge on any atom is -0.373 e. The lowest BCUT2D eigenvalue weighted by Crippen LogP contribution is -2.65. The van der Waals surface area contributed by atoms with E-state index in [0.29, 0.717) is 19.7 Å². The highest BCUT2D eigenvalue weighted by Gasteiger charge is 2.49. The second-order valence-corrected chi connectivity index (χ2v) is 8.66. The molecule has 1 aromatic rings. The Hall–Kier alpha value is -2.41. The van der Waals surface area contributed by atoms with Crippen molar-refractivity contribution in [3.05, 3.63) is 45.9 Å². The van der Waals surface area contributed by atoms with Crippen molar-refractivity contribution in [1.29, 1.82) is 0 Å². The molecule has 2 aliphatic heterocycles. The molecule has 1 saturated carbocycles. The number of amides is 2. The Labute approximate surface area is 170 Å². The average Bonchev–Trinajstić information content (AvgIpc) is 2.68. The van der Waals surface area contributed by atoms with Crippen LogP contribution in [0.15, 0.2) is 34.9 Å². The third-order valence-corrected chi connectivity index (χ3v) is 6.56. The quantitative estimate of drug-likeness (QED) is 0.726. The second-order valence-electron chi connectivity index (χ2n) is 8.66. The molecule has 1 saturated heterocycles. The maximum Gasteiger partial charge on any atom is 0.259 e. The normalized spacial score (nSPS) is 23.5. The van der Waals surface area contributed by atoms with Crippen molar-refractivity contribution in [1.82, 2.24) is 14.4 Å². The first-order valence-corrected chi connectivity index (χ1v) is 10.4. The van der Waals surface area contributed by atoms with E-state index >= 15 is 0 Å². The molecule has 1 unspecified atom stereocenters. The van der Waals surface area contributed by atoms with Crippen LogP contribution < -0.4 is 5.43 Å². The number of aromatic nitrogens is 1. The number of carbonyl (C=O) groups excluding carboxylic acids is 2. The summed E-state index contributed by atoms with van der Waals surface area (Å²) in [5, 5.41) is 0. The summed E-state index contributed by atoms with van der Waals surface area (Å²) in [6.07, 6.45) is 8.96. The molecule has 1 spiro atoms. The third kappa shape index (κ3) is 3.88. The van der Waals surface area contributed by atoms with Gasteiger partial charge in [-0.15, -0.1) is 0 Å². The van der Waals surface area contributed by atoms with Gasteiger partial charge in [-0.05, 0) is 32.6 Å². The first-order valence-electron chi connectivity index (χ1n) is 10.4. The fourth-order valence-electron chi connectivity index (χ4n) is 4.43. The van der Waals surface area contributed by atoms with Crippen molar-refractivity contribution >= 4 is 11.8 Å². The van der Waals surface area contributed by atoms with Gasteiger partial charge in [-0.2, -0.15) is 0 Å². The zero-order valence-corrected chi connectivity index (χ0v) is 17.2. The Morgan fingerprint density at radius 1 is 1.31 bits per heavy atom. The summed E-state index contributed by atoms with van der Waals surface area (Å²) < 4.78 is 7.77. The number of nitrogens with zero attached hydrogens (tertiary/aromatic N) is 3. The molecule has 7 nitrogen and oxygen atoms in total. The smallest absolute Gasteiger partial charge is 0.259 e. The lowest BCUT2D eigenvalue weighted by molar-refractivity contribution is -0.147. The topological polar surface area (TPSA) is 71.9 Å². The highest BCUT2D eigenvalue weighted by atomic mass is 16.5. The van der Waals surface area contributed by atoms with E-state index in [-0.39, 0.29) is 40.9 Å². The monoisotopic (exact) mass is 399 g/mol. The molecule has 4 rings (SSSR count). The van der Waals surface area contributed by atoms with Gasteiger partial charge in [0.05, 0.1) is 24.7 Å². The van der Waals surface area contributed by atoms with E-state index in [1.165, 1.54) is 11.6 Å². The third-order valence-electron chi connectivity index (χ3n) is 6.56. The minimum absolute atomic E-state index is 0.0614. The van der Waals surface area contributed by atoms with Crippen LogP contribution in [-0.4, -0.2) is 64.1 Å². The lowest BCUT2D eigenvalue weighted by Gasteiger charge is -2.54. The molecule has 1 aromatic heterocycles. The van der Waals surface area contributed by atoms with Crippen LogP contribution in [0.1, 0.15) is 49.4 Å². The Balaban J connectivity index is 1.49. The number of ether oxygens (including phenoxy) is 1. The molecule has 2 fully saturated rings. The Kier molecular flexibility index (Phi) is 5.34. The van der Waals surface area contributed by atoms with Gasteiger partial charge in [-0.25, -0.2) is 0 Å². The summed E-state index contributed by atoms with van der Waals surface area (Å²) in [6.45, 7) is 4.25. The second kappa shape index (κ2) is 7.78. The highest BCUT2D eigenvalue weighted by Crippen LogP contribution is 2.41. The summed E-state index contributed by atoms with van der Waals surface area (Å²) in [4.78, 5) is 42.0. The van der Waals surface area contributed by atoms with Gasteiger partial charge in [0, 0.05) is 45.1 Å². The largest absolute Gasteiger partial charge is 0.373 e. The van der Waals surface area contributed by atoms with Crippen LogP contribution in [-0.2, 0) is 16.6 Å². The van der Waals surface area contributed by atoms with Gasteiger partial charge in [-0.3, -0.25) is 14.4 Å². The van der Waals surface area contributed by atoms with Crippen LogP contribution in [0, 0.1) is 0 Å². The van der Waals surface area contributed by atoms with Gasteiger partial charge in [0.2, 0.25) is 5.91 Å². The summed E-state index contributed by atoms with van der Waals surface area (Å²) in [5.41, 5.74) is 0.904. The standard InChI is InChI=1S/C22H29N3O4/c1-16-4-10-24(11-5-16)20(27)12-17-13-25(22(15-29-17)7-3-8-22)21(28)18-14-23(2)9-6-19(18)26/h4,6,9,14,17H,3,5,7-8,10-13,15H2,1-2H3. The van der Waals surface area contributed by atoms with Crippen molar-refractivity contribution in [2.45, 2.75) is 50.7 Å². The van der Waals surface area contributed by atoms with Gasteiger partial charge in [0.25, 0.3) is 5.91 Å². The van der Waals surface area contributed by atoms with Crippen LogP contribution in [0.25, 0.3) is 0 Å². The molecule has 1 atom stereocenters. The minimum atomic E-state index is -0.336. The molecule has 156 valence electrons. The van der Waals surface area contributed by atoms with Gasteiger partial charge < -0.3 is 19.1 Å². The number of carbonyl (C=O) groups is 2. The van der Waals surface area contributed by atoms with Crippen LogP contribution >= 0.6 is 0 Å². The van der Waals surface area contributed by atoms with Crippen molar-refractivity contribution in [2.75, 3.05) is 26.2 Å². The van der Waals surface area contributed by atoms with E-state index < -0.39 is 0 Å². The highest BCUT2D eigenvalue weighted by molar-refractivity contribution is 5.94. The van der Waals surface area contributed by atoms with Crippen molar-refractivity contribution in [2.24, 2.45) is 7.05 Å². The van der Waals surface area contributed by atoms with E-state index in [1.807, 2.05) is 9.80 Å². The molecule has 2 amide bonds. The summed E-state index contributed by atoms with van der Waals surface area (Å²) in [7, 11) is 1.80. The van der Waals surface area contributed by atoms with E-state index in [4.69, 9.17) is 4.74 Å². The van der Waals surface area contributed by atoms with E-state index in [2.05, 4.69) is 13.0 Å². The molecular weight excluding hydrogens is 370 g/mol. The number of hydrogen-bond acceptors (Lipinski definition) is 4. The zero-order valence-electron chi connectivity index (χ0n) is 17.2.